The van der Waals surface area contributed by atoms with Crippen molar-refractivity contribution < 1.29 is 14.6 Å². The molecule has 0 aliphatic rings. The van der Waals surface area contributed by atoms with Gasteiger partial charge < -0.3 is 15.6 Å². The average Bonchev–Trinajstić information content (AvgIpc) is 2.27. The van der Waals surface area contributed by atoms with Gasteiger partial charge in [0.1, 0.15) is 0 Å². The second-order valence-corrected chi connectivity index (χ2v) is 5.29. The largest absolute Gasteiger partial charge is 0.466 e. The quantitative estimate of drug-likeness (QED) is 0.637. The van der Waals surface area contributed by atoms with Crippen molar-refractivity contribution in [3.8, 4) is 0 Å². The molecular formula is C13H27NO3. The second-order valence-electron chi connectivity index (χ2n) is 5.29. The molecule has 3 N–H and O–H groups in total. The SMILES string of the molecule is CCOC(=O)C(CN)(CC(C)C)CC(C)CO. The molecule has 0 saturated heterocycles. The van der Waals surface area contributed by atoms with Gasteiger partial charge >= 0.3 is 5.97 Å². The molecule has 102 valence electrons. The van der Waals surface area contributed by atoms with Crippen molar-refractivity contribution in [3.05, 3.63) is 0 Å². The predicted molar refractivity (Wildman–Crippen MR) is 68.4 cm³/mol. The number of ether oxygens (including phenoxy) is 1. The average molecular weight is 245 g/mol. The van der Waals surface area contributed by atoms with E-state index in [1.54, 1.807) is 6.92 Å². The van der Waals surface area contributed by atoms with E-state index < -0.39 is 5.41 Å². The molecule has 0 bridgehead atoms. The van der Waals surface area contributed by atoms with Gasteiger partial charge in [-0.05, 0) is 31.6 Å². The maximum absolute atomic E-state index is 12.1. The summed E-state index contributed by atoms with van der Waals surface area (Å²) in [5.74, 6) is 0.201. The number of aliphatic hydroxyl groups excluding tert-OH is 1. The Labute approximate surface area is 105 Å². The van der Waals surface area contributed by atoms with Gasteiger partial charge in [-0.15, -0.1) is 0 Å². The van der Waals surface area contributed by atoms with Crippen molar-refractivity contribution in [2.75, 3.05) is 19.8 Å². The summed E-state index contributed by atoms with van der Waals surface area (Å²) in [5, 5.41) is 9.15. The molecule has 0 saturated carbocycles. The van der Waals surface area contributed by atoms with Crippen molar-refractivity contribution in [1.82, 2.24) is 0 Å². The van der Waals surface area contributed by atoms with Crippen LogP contribution in [0.15, 0.2) is 0 Å². The predicted octanol–water partition coefficient (Wildman–Crippen LogP) is 1.56. The van der Waals surface area contributed by atoms with Gasteiger partial charge in [-0.2, -0.15) is 0 Å². The number of nitrogens with two attached hydrogens (primary N) is 1. The fraction of sp³-hybridized carbons (Fsp3) is 0.923. The van der Waals surface area contributed by atoms with E-state index in [0.717, 1.165) is 0 Å². The molecule has 0 heterocycles. The first-order chi connectivity index (χ1) is 7.91. The molecule has 0 aromatic rings. The summed E-state index contributed by atoms with van der Waals surface area (Å²) in [6, 6.07) is 0. The number of carbonyl (C=O) groups is 1. The lowest BCUT2D eigenvalue weighted by Gasteiger charge is -2.33. The molecule has 0 aromatic carbocycles. The summed E-state index contributed by atoms with van der Waals surface area (Å²) in [6.45, 7) is 8.55. The van der Waals surface area contributed by atoms with Crippen LogP contribution in [0, 0.1) is 17.3 Å². The Morgan fingerprint density at radius 2 is 1.94 bits per heavy atom. The summed E-state index contributed by atoms with van der Waals surface area (Å²) in [7, 11) is 0. The Bertz CT molecular complexity index is 231. The highest BCUT2D eigenvalue weighted by atomic mass is 16.5. The van der Waals surface area contributed by atoms with Crippen LogP contribution in [0.1, 0.15) is 40.5 Å². The molecule has 0 amide bonds. The Morgan fingerprint density at radius 3 is 2.29 bits per heavy atom. The van der Waals surface area contributed by atoms with Gasteiger partial charge in [0.05, 0.1) is 12.0 Å². The third-order valence-electron chi connectivity index (χ3n) is 2.95. The van der Waals surface area contributed by atoms with Gasteiger partial charge in [0.25, 0.3) is 0 Å². The first-order valence-corrected chi connectivity index (χ1v) is 6.40. The first kappa shape index (κ1) is 16.4. The minimum atomic E-state index is -0.647. The lowest BCUT2D eigenvalue weighted by Crippen LogP contribution is -2.42. The third kappa shape index (κ3) is 5.04. The highest BCUT2D eigenvalue weighted by molar-refractivity contribution is 5.77. The molecule has 0 aliphatic heterocycles. The number of esters is 1. The highest BCUT2D eigenvalue weighted by Crippen LogP contribution is 2.34. The standard InChI is InChI=1S/C13H27NO3/c1-5-17-12(16)13(9-14,6-10(2)3)7-11(4)8-15/h10-11,15H,5-9,14H2,1-4H3. The van der Waals surface area contributed by atoms with Crippen LogP contribution in [0.2, 0.25) is 0 Å². The molecule has 0 aliphatic carbocycles. The lowest BCUT2D eigenvalue weighted by molar-refractivity contribution is -0.157. The van der Waals surface area contributed by atoms with Crippen LogP contribution in [0.3, 0.4) is 0 Å². The number of hydrogen-bond acceptors (Lipinski definition) is 4. The van der Waals surface area contributed by atoms with Crippen molar-refractivity contribution in [3.63, 3.8) is 0 Å². The molecule has 4 heteroatoms. The van der Waals surface area contributed by atoms with Gasteiger partial charge in [0.2, 0.25) is 0 Å². The normalized spacial score (nSPS) is 16.6. The van der Waals surface area contributed by atoms with Crippen molar-refractivity contribution in [1.29, 1.82) is 0 Å². The Morgan fingerprint density at radius 1 is 1.35 bits per heavy atom. The highest BCUT2D eigenvalue weighted by Gasteiger charge is 2.40. The van der Waals surface area contributed by atoms with E-state index in [9.17, 15) is 4.79 Å². The molecule has 0 spiro atoms. The molecule has 4 nitrogen and oxygen atoms in total. The van der Waals surface area contributed by atoms with Crippen LogP contribution in [0.25, 0.3) is 0 Å². The summed E-state index contributed by atoms with van der Waals surface area (Å²) >= 11 is 0. The molecule has 0 fully saturated rings. The molecule has 2 atom stereocenters. The number of rotatable bonds is 8. The summed E-state index contributed by atoms with van der Waals surface area (Å²) in [6.07, 6.45) is 1.28. The molecule has 0 rings (SSSR count). The van der Waals surface area contributed by atoms with Crippen LogP contribution >= 0.6 is 0 Å². The van der Waals surface area contributed by atoms with E-state index in [2.05, 4.69) is 13.8 Å². The van der Waals surface area contributed by atoms with E-state index in [0.29, 0.717) is 25.4 Å². The Hall–Kier alpha value is -0.610. The summed E-state index contributed by atoms with van der Waals surface area (Å²) in [5.41, 5.74) is 5.16. The van der Waals surface area contributed by atoms with Crippen LogP contribution < -0.4 is 5.73 Å². The molecule has 0 aromatic heterocycles. The summed E-state index contributed by atoms with van der Waals surface area (Å²) < 4.78 is 5.14. The van der Waals surface area contributed by atoms with E-state index in [-0.39, 0.29) is 25.0 Å². The monoisotopic (exact) mass is 245 g/mol. The Balaban J connectivity index is 4.92. The van der Waals surface area contributed by atoms with Gasteiger partial charge in [0.15, 0.2) is 0 Å². The summed E-state index contributed by atoms with van der Waals surface area (Å²) in [4.78, 5) is 12.1. The smallest absolute Gasteiger partial charge is 0.313 e. The molecule has 17 heavy (non-hydrogen) atoms. The van der Waals surface area contributed by atoms with Crippen molar-refractivity contribution >= 4 is 5.97 Å². The van der Waals surface area contributed by atoms with E-state index >= 15 is 0 Å². The Kier molecular flexibility index (Phi) is 7.39. The van der Waals surface area contributed by atoms with E-state index in [1.165, 1.54) is 0 Å². The molecular weight excluding hydrogens is 218 g/mol. The molecule has 0 radical (unpaired) electrons. The maximum Gasteiger partial charge on any atom is 0.313 e. The van der Waals surface area contributed by atoms with Gasteiger partial charge in [-0.25, -0.2) is 0 Å². The second kappa shape index (κ2) is 7.67. The van der Waals surface area contributed by atoms with Crippen LogP contribution in [0.5, 0.6) is 0 Å². The fourth-order valence-corrected chi connectivity index (χ4v) is 2.30. The van der Waals surface area contributed by atoms with Gasteiger partial charge in [-0.3, -0.25) is 4.79 Å². The number of hydrogen-bond donors (Lipinski definition) is 2. The molecule has 2 unspecified atom stereocenters. The van der Waals surface area contributed by atoms with Crippen LogP contribution in [-0.2, 0) is 9.53 Å². The first-order valence-electron chi connectivity index (χ1n) is 6.40. The fourth-order valence-electron chi connectivity index (χ4n) is 2.30. The van der Waals surface area contributed by atoms with Crippen molar-refractivity contribution in [2.45, 2.75) is 40.5 Å². The zero-order valence-corrected chi connectivity index (χ0v) is 11.5. The third-order valence-corrected chi connectivity index (χ3v) is 2.95. The number of carbonyl (C=O) groups excluding carboxylic acids is 1. The zero-order chi connectivity index (χ0) is 13.5. The zero-order valence-electron chi connectivity index (χ0n) is 11.5. The van der Waals surface area contributed by atoms with Crippen molar-refractivity contribution in [2.24, 2.45) is 23.0 Å². The maximum atomic E-state index is 12.1. The van der Waals surface area contributed by atoms with E-state index in [1.807, 2.05) is 6.92 Å². The van der Waals surface area contributed by atoms with Crippen LogP contribution in [0.4, 0.5) is 0 Å². The van der Waals surface area contributed by atoms with Gasteiger partial charge in [-0.1, -0.05) is 20.8 Å². The topological polar surface area (TPSA) is 72.5 Å². The minimum absolute atomic E-state index is 0.0571. The lowest BCUT2D eigenvalue weighted by atomic mass is 9.74. The minimum Gasteiger partial charge on any atom is -0.466 e. The number of aliphatic hydroxyl groups is 1. The van der Waals surface area contributed by atoms with E-state index in [4.69, 9.17) is 15.6 Å². The van der Waals surface area contributed by atoms with Gasteiger partial charge in [0, 0.05) is 13.2 Å². The van der Waals surface area contributed by atoms with Crippen LogP contribution in [-0.4, -0.2) is 30.8 Å².